The lowest BCUT2D eigenvalue weighted by Crippen LogP contribution is -2.30. The van der Waals surface area contributed by atoms with Gasteiger partial charge in [-0.15, -0.1) is 0 Å². The van der Waals surface area contributed by atoms with E-state index in [9.17, 15) is 4.79 Å². The Balaban J connectivity index is 1.84. The molecular formula is C18H20BrNO2. The zero-order chi connectivity index (χ0) is 15.9. The predicted molar refractivity (Wildman–Crippen MR) is 91.8 cm³/mol. The second kappa shape index (κ2) is 8.11. The van der Waals surface area contributed by atoms with Crippen molar-refractivity contribution < 1.29 is 9.53 Å². The number of nitrogens with zero attached hydrogens (tertiary/aromatic N) is 1. The number of carbonyl (C=O) groups excluding carboxylic acids is 1. The molecule has 2 rings (SSSR count). The molecule has 0 aliphatic rings. The van der Waals surface area contributed by atoms with E-state index in [4.69, 9.17) is 4.74 Å². The molecule has 116 valence electrons. The summed E-state index contributed by atoms with van der Waals surface area (Å²) in [4.78, 5) is 14.2. The Morgan fingerprint density at radius 2 is 1.91 bits per heavy atom. The standard InChI is InChI=1S/C18H20BrNO2/c1-14(12-20(2)13-15-7-4-3-5-8-15)22-18(21)16-9-6-10-17(19)11-16/h3-11,14H,12-13H2,1-2H3/t14-/m1/s1. The van der Waals surface area contributed by atoms with Gasteiger partial charge < -0.3 is 4.74 Å². The smallest absolute Gasteiger partial charge is 0.338 e. The molecule has 0 spiro atoms. The molecular weight excluding hydrogens is 342 g/mol. The molecule has 4 heteroatoms. The van der Waals surface area contributed by atoms with Crippen molar-refractivity contribution in [1.82, 2.24) is 4.90 Å². The summed E-state index contributed by atoms with van der Waals surface area (Å²) in [5.41, 5.74) is 1.81. The quantitative estimate of drug-likeness (QED) is 0.724. The van der Waals surface area contributed by atoms with Crippen LogP contribution in [-0.2, 0) is 11.3 Å². The zero-order valence-corrected chi connectivity index (χ0v) is 14.4. The van der Waals surface area contributed by atoms with E-state index in [0.717, 1.165) is 11.0 Å². The number of ether oxygens (including phenoxy) is 1. The number of hydrogen-bond donors (Lipinski definition) is 0. The van der Waals surface area contributed by atoms with E-state index in [1.54, 1.807) is 12.1 Å². The van der Waals surface area contributed by atoms with Crippen LogP contribution in [0.5, 0.6) is 0 Å². The Bertz CT molecular complexity index is 615. The van der Waals surface area contributed by atoms with Crippen LogP contribution in [-0.4, -0.2) is 30.6 Å². The Morgan fingerprint density at radius 1 is 1.18 bits per heavy atom. The number of halogens is 1. The van der Waals surface area contributed by atoms with E-state index < -0.39 is 0 Å². The van der Waals surface area contributed by atoms with Crippen molar-refractivity contribution in [3.8, 4) is 0 Å². The molecule has 0 amide bonds. The zero-order valence-electron chi connectivity index (χ0n) is 12.8. The van der Waals surface area contributed by atoms with Gasteiger partial charge in [0, 0.05) is 17.6 Å². The fraction of sp³-hybridized carbons (Fsp3) is 0.278. The molecule has 3 nitrogen and oxygen atoms in total. The molecule has 2 aromatic rings. The highest BCUT2D eigenvalue weighted by Crippen LogP contribution is 2.13. The number of rotatable bonds is 6. The van der Waals surface area contributed by atoms with Gasteiger partial charge in [-0.25, -0.2) is 4.79 Å². The fourth-order valence-corrected chi connectivity index (χ4v) is 2.70. The molecule has 0 heterocycles. The summed E-state index contributed by atoms with van der Waals surface area (Å²) in [6.45, 7) is 3.44. The van der Waals surface area contributed by atoms with Gasteiger partial charge in [0.1, 0.15) is 6.10 Å². The molecule has 0 aliphatic heterocycles. The first kappa shape index (κ1) is 16.7. The topological polar surface area (TPSA) is 29.5 Å². The summed E-state index contributed by atoms with van der Waals surface area (Å²) < 4.78 is 6.37. The first-order valence-electron chi connectivity index (χ1n) is 7.23. The van der Waals surface area contributed by atoms with E-state index in [1.807, 2.05) is 44.3 Å². The van der Waals surface area contributed by atoms with Crippen LogP contribution in [0.25, 0.3) is 0 Å². The van der Waals surface area contributed by atoms with Gasteiger partial charge in [0.25, 0.3) is 0 Å². The number of likely N-dealkylation sites (N-methyl/N-ethyl adjacent to an activating group) is 1. The molecule has 0 unspecified atom stereocenters. The predicted octanol–water partition coefficient (Wildman–Crippen LogP) is 4.13. The summed E-state index contributed by atoms with van der Waals surface area (Å²) >= 11 is 3.36. The van der Waals surface area contributed by atoms with Crippen molar-refractivity contribution in [2.24, 2.45) is 0 Å². The molecule has 0 N–H and O–H groups in total. The molecule has 22 heavy (non-hydrogen) atoms. The normalized spacial score (nSPS) is 12.2. The van der Waals surface area contributed by atoms with Crippen LogP contribution >= 0.6 is 15.9 Å². The van der Waals surface area contributed by atoms with E-state index >= 15 is 0 Å². The van der Waals surface area contributed by atoms with Gasteiger partial charge in [-0.05, 0) is 37.7 Å². The SMILES string of the molecule is C[C@H](CN(C)Cc1ccccc1)OC(=O)c1cccc(Br)c1. The third kappa shape index (κ3) is 5.28. The lowest BCUT2D eigenvalue weighted by molar-refractivity contribution is 0.0268. The van der Waals surface area contributed by atoms with Crippen molar-refractivity contribution in [2.45, 2.75) is 19.6 Å². The second-order valence-electron chi connectivity index (χ2n) is 5.41. The highest BCUT2D eigenvalue weighted by atomic mass is 79.9. The molecule has 1 atom stereocenters. The molecule has 0 aliphatic carbocycles. The maximum Gasteiger partial charge on any atom is 0.338 e. The van der Waals surface area contributed by atoms with Crippen LogP contribution in [0, 0.1) is 0 Å². The van der Waals surface area contributed by atoms with Crippen molar-refractivity contribution in [1.29, 1.82) is 0 Å². The summed E-state index contributed by atoms with van der Waals surface area (Å²) in [6, 6.07) is 17.5. The fourth-order valence-electron chi connectivity index (χ4n) is 2.30. The maximum absolute atomic E-state index is 12.1. The van der Waals surface area contributed by atoms with Crippen molar-refractivity contribution in [3.05, 3.63) is 70.2 Å². The van der Waals surface area contributed by atoms with Crippen LogP contribution in [0.15, 0.2) is 59.1 Å². The summed E-state index contributed by atoms with van der Waals surface area (Å²) in [5.74, 6) is -0.290. The Labute approximate surface area is 140 Å². The van der Waals surface area contributed by atoms with Gasteiger partial charge in [-0.1, -0.05) is 52.3 Å². The lowest BCUT2D eigenvalue weighted by atomic mass is 10.2. The molecule has 2 aromatic carbocycles. The average molecular weight is 362 g/mol. The van der Waals surface area contributed by atoms with Gasteiger partial charge in [0.05, 0.1) is 5.56 Å². The van der Waals surface area contributed by atoms with E-state index in [2.05, 4.69) is 33.0 Å². The van der Waals surface area contributed by atoms with Gasteiger partial charge >= 0.3 is 5.97 Å². The van der Waals surface area contributed by atoms with Crippen molar-refractivity contribution >= 4 is 21.9 Å². The summed E-state index contributed by atoms with van der Waals surface area (Å²) in [5, 5.41) is 0. The number of hydrogen-bond acceptors (Lipinski definition) is 3. The Hall–Kier alpha value is -1.65. The van der Waals surface area contributed by atoms with Crippen LogP contribution in [0.3, 0.4) is 0 Å². The molecule has 0 radical (unpaired) electrons. The van der Waals surface area contributed by atoms with Crippen molar-refractivity contribution in [2.75, 3.05) is 13.6 Å². The summed E-state index contributed by atoms with van der Waals surface area (Å²) in [6.07, 6.45) is -0.166. The first-order chi connectivity index (χ1) is 10.5. The third-order valence-corrected chi connectivity index (χ3v) is 3.73. The molecule has 0 aromatic heterocycles. The number of benzene rings is 2. The molecule has 0 saturated carbocycles. The van der Waals surface area contributed by atoms with Crippen LogP contribution < -0.4 is 0 Å². The minimum absolute atomic E-state index is 0.166. The minimum Gasteiger partial charge on any atom is -0.458 e. The van der Waals surface area contributed by atoms with Crippen LogP contribution in [0.1, 0.15) is 22.8 Å². The van der Waals surface area contributed by atoms with Gasteiger partial charge in [0.15, 0.2) is 0 Å². The van der Waals surface area contributed by atoms with Gasteiger partial charge in [-0.3, -0.25) is 4.90 Å². The van der Waals surface area contributed by atoms with E-state index in [1.165, 1.54) is 5.56 Å². The monoisotopic (exact) mass is 361 g/mol. The van der Waals surface area contributed by atoms with E-state index in [-0.39, 0.29) is 12.1 Å². The largest absolute Gasteiger partial charge is 0.458 e. The highest BCUT2D eigenvalue weighted by Gasteiger charge is 2.14. The third-order valence-electron chi connectivity index (χ3n) is 3.23. The number of carbonyl (C=O) groups is 1. The Kier molecular flexibility index (Phi) is 6.16. The first-order valence-corrected chi connectivity index (χ1v) is 8.03. The minimum atomic E-state index is -0.290. The molecule has 0 bridgehead atoms. The van der Waals surface area contributed by atoms with Gasteiger partial charge in [0.2, 0.25) is 0 Å². The Morgan fingerprint density at radius 3 is 2.59 bits per heavy atom. The lowest BCUT2D eigenvalue weighted by Gasteiger charge is -2.21. The second-order valence-corrected chi connectivity index (χ2v) is 6.32. The number of esters is 1. The highest BCUT2D eigenvalue weighted by molar-refractivity contribution is 9.10. The summed E-state index contributed by atoms with van der Waals surface area (Å²) in [7, 11) is 2.02. The van der Waals surface area contributed by atoms with Crippen LogP contribution in [0.2, 0.25) is 0 Å². The molecule has 0 fully saturated rings. The van der Waals surface area contributed by atoms with Crippen molar-refractivity contribution in [3.63, 3.8) is 0 Å². The molecule has 0 saturated heterocycles. The maximum atomic E-state index is 12.1. The van der Waals surface area contributed by atoms with Crippen LogP contribution in [0.4, 0.5) is 0 Å². The van der Waals surface area contributed by atoms with E-state index in [0.29, 0.717) is 12.1 Å². The average Bonchev–Trinajstić information content (AvgIpc) is 2.47. The van der Waals surface area contributed by atoms with Gasteiger partial charge in [-0.2, -0.15) is 0 Å².